The van der Waals surface area contributed by atoms with Crippen molar-refractivity contribution in [3.63, 3.8) is 0 Å². The van der Waals surface area contributed by atoms with Crippen LogP contribution in [0.5, 0.6) is 0 Å². The van der Waals surface area contributed by atoms with Crippen LogP contribution < -0.4 is 5.84 Å². The lowest BCUT2D eigenvalue weighted by Crippen LogP contribution is -2.11. The second-order valence-corrected chi connectivity index (χ2v) is 4.94. The number of nitrogens with zero attached hydrogens (tertiary/aromatic N) is 4. The molecule has 0 bridgehead atoms. The van der Waals surface area contributed by atoms with Crippen LogP contribution in [0.4, 0.5) is 5.69 Å². The molecule has 1 aromatic carbocycles. The van der Waals surface area contributed by atoms with Crippen molar-refractivity contribution in [1.82, 2.24) is 14.9 Å². The molecule has 0 saturated carbocycles. The zero-order valence-electron chi connectivity index (χ0n) is 11.1. The van der Waals surface area contributed by atoms with Crippen molar-refractivity contribution in [2.75, 3.05) is 13.0 Å². The molecule has 0 saturated heterocycles. The first-order valence-corrected chi connectivity index (χ1v) is 6.47. The van der Waals surface area contributed by atoms with E-state index in [0.29, 0.717) is 15.9 Å². The van der Waals surface area contributed by atoms with Gasteiger partial charge in [0.05, 0.1) is 22.5 Å². The van der Waals surface area contributed by atoms with E-state index in [1.807, 2.05) is 0 Å². The number of benzene rings is 1. The molecular weight excluding hydrogens is 298 g/mol. The molecule has 110 valence electrons. The Balaban J connectivity index is 2.41. The molecule has 0 amide bonds. The number of esters is 1. The predicted octanol–water partition coefficient (Wildman–Crippen LogP) is 1.15. The number of nitrogen functional groups attached to an aromatic ring is 1. The van der Waals surface area contributed by atoms with Crippen LogP contribution in [0.25, 0.3) is 0 Å². The molecule has 1 heterocycles. The van der Waals surface area contributed by atoms with Crippen LogP contribution >= 0.6 is 11.8 Å². The number of hydrogen-bond donors (Lipinski definition) is 1. The highest BCUT2D eigenvalue weighted by molar-refractivity contribution is 7.99. The molecule has 21 heavy (non-hydrogen) atoms. The van der Waals surface area contributed by atoms with E-state index in [2.05, 4.69) is 14.9 Å². The van der Waals surface area contributed by atoms with Crippen LogP contribution in [0.1, 0.15) is 16.2 Å². The minimum absolute atomic E-state index is 0.0962. The molecule has 0 spiro atoms. The highest BCUT2D eigenvalue weighted by Crippen LogP contribution is 2.34. The fourth-order valence-corrected chi connectivity index (χ4v) is 2.39. The number of nitro benzene ring substituents is 1. The van der Waals surface area contributed by atoms with Gasteiger partial charge in [-0.05, 0) is 30.8 Å². The van der Waals surface area contributed by atoms with Gasteiger partial charge in [0.2, 0.25) is 5.16 Å². The van der Waals surface area contributed by atoms with Crippen molar-refractivity contribution in [2.45, 2.75) is 17.0 Å². The van der Waals surface area contributed by atoms with Crippen LogP contribution in [0.2, 0.25) is 0 Å². The molecule has 0 fully saturated rings. The fraction of sp³-hybridized carbons (Fsp3) is 0.182. The van der Waals surface area contributed by atoms with Crippen molar-refractivity contribution in [1.29, 1.82) is 0 Å². The third kappa shape index (κ3) is 2.94. The maximum Gasteiger partial charge on any atom is 0.338 e. The van der Waals surface area contributed by atoms with E-state index in [9.17, 15) is 14.9 Å². The van der Waals surface area contributed by atoms with Gasteiger partial charge in [-0.3, -0.25) is 10.1 Å². The van der Waals surface area contributed by atoms with Crippen LogP contribution in [0, 0.1) is 17.0 Å². The molecule has 2 aromatic rings. The molecule has 0 unspecified atom stereocenters. The molecule has 2 N–H and O–H groups in total. The maximum absolute atomic E-state index is 11.4. The lowest BCUT2D eigenvalue weighted by atomic mass is 10.2. The highest BCUT2D eigenvalue weighted by Gasteiger charge is 2.20. The zero-order chi connectivity index (χ0) is 15.6. The van der Waals surface area contributed by atoms with Gasteiger partial charge in [-0.15, -0.1) is 10.2 Å². The quantitative estimate of drug-likeness (QED) is 0.385. The number of rotatable bonds is 4. The van der Waals surface area contributed by atoms with Gasteiger partial charge in [0.1, 0.15) is 5.82 Å². The minimum atomic E-state index is -0.646. The number of nitrogens with two attached hydrogens (primary N) is 1. The molecule has 0 atom stereocenters. The summed E-state index contributed by atoms with van der Waals surface area (Å²) in [6.45, 7) is 1.66. The summed E-state index contributed by atoms with van der Waals surface area (Å²) in [6.07, 6.45) is 0. The van der Waals surface area contributed by atoms with Gasteiger partial charge in [-0.2, -0.15) is 0 Å². The second-order valence-electron chi connectivity index (χ2n) is 3.93. The van der Waals surface area contributed by atoms with Gasteiger partial charge in [-0.25, -0.2) is 9.47 Å². The third-order valence-corrected chi connectivity index (χ3v) is 3.64. The van der Waals surface area contributed by atoms with E-state index in [1.165, 1.54) is 23.9 Å². The Kier molecular flexibility index (Phi) is 4.08. The largest absolute Gasteiger partial charge is 0.465 e. The smallest absolute Gasteiger partial charge is 0.338 e. The fourth-order valence-electron chi connectivity index (χ4n) is 1.51. The van der Waals surface area contributed by atoms with E-state index < -0.39 is 10.9 Å². The Morgan fingerprint density at radius 3 is 2.71 bits per heavy atom. The number of carbonyl (C=O) groups excluding carboxylic acids is 1. The van der Waals surface area contributed by atoms with Crippen molar-refractivity contribution in [3.05, 3.63) is 39.7 Å². The van der Waals surface area contributed by atoms with Crippen LogP contribution in [-0.2, 0) is 4.74 Å². The van der Waals surface area contributed by atoms with E-state index >= 15 is 0 Å². The Morgan fingerprint density at radius 1 is 1.48 bits per heavy atom. The maximum atomic E-state index is 11.4. The molecule has 10 heteroatoms. The van der Waals surface area contributed by atoms with Crippen LogP contribution in [-0.4, -0.2) is 32.9 Å². The third-order valence-electron chi connectivity index (χ3n) is 2.61. The summed E-state index contributed by atoms with van der Waals surface area (Å²) >= 11 is 0.989. The van der Waals surface area contributed by atoms with Crippen LogP contribution in [0.15, 0.2) is 28.3 Å². The standard InChI is InChI=1S/C11H11N5O4S/c1-6-13-14-11(15(6)12)21-9-4-3-7(10(17)20-2)5-8(9)16(18)19/h3-5H,12H2,1-2H3. The first kappa shape index (κ1) is 14.8. The molecule has 0 radical (unpaired) electrons. The van der Waals surface area contributed by atoms with Crippen molar-refractivity contribution in [3.8, 4) is 0 Å². The lowest BCUT2D eigenvalue weighted by molar-refractivity contribution is -0.387. The minimum Gasteiger partial charge on any atom is -0.465 e. The SMILES string of the molecule is COC(=O)c1ccc(Sc2nnc(C)n2N)c([N+](=O)[O-])c1. The number of aromatic nitrogens is 3. The molecule has 9 nitrogen and oxygen atoms in total. The normalized spacial score (nSPS) is 10.4. The van der Waals surface area contributed by atoms with Gasteiger partial charge in [0, 0.05) is 6.07 Å². The molecule has 0 aliphatic carbocycles. The summed E-state index contributed by atoms with van der Waals surface area (Å²) in [5.41, 5.74) is -0.137. The number of aryl methyl sites for hydroxylation is 1. The zero-order valence-corrected chi connectivity index (χ0v) is 12.0. The lowest BCUT2D eigenvalue weighted by Gasteiger charge is -2.04. The van der Waals surface area contributed by atoms with Gasteiger partial charge in [0.25, 0.3) is 5.69 Å². The molecule has 2 rings (SSSR count). The molecular formula is C11H11N5O4S. The van der Waals surface area contributed by atoms with Gasteiger partial charge >= 0.3 is 5.97 Å². The van der Waals surface area contributed by atoms with Crippen molar-refractivity contribution >= 4 is 23.4 Å². The molecule has 0 aliphatic heterocycles. The van der Waals surface area contributed by atoms with E-state index in [1.54, 1.807) is 6.92 Å². The first-order valence-electron chi connectivity index (χ1n) is 5.65. The summed E-state index contributed by atoms with van der Waals surface area (Å²) in [5.74, 6) is 5.54. The monoisotopic (exact) mass is 309 g/mol. The highest BCUT2D eigenvalue weighted by atomic mass is 32.2. The van der Waals surface area contributed by atoms with Crippen LogP contribution in [0.3, 0.4) is 0 Å². The predicted molar refractivity (Wildman–Crippen MR) is 73.5 cm³/mol. The summed E-state index contributed by atoms with van der Waals surface area (Å²) in [6, 6.07) is 4.03. The number of carbonyl (C=O) groups is 1. The number of ether oxygens (including phenoxy) is 1. The van der Waals surface area contributed by atoms with E-state index in [0.717, 1.165) is 17.8 Å². The number of nitro groups is 1. The summed E-state index contributed by atoms with van der Waals surface area (Å²) in [7, 11) is 1.20. The van der Waals surface area contributed by atoms with Gasteiger partial charge in [0.15, 0.2) is 0 Å². The Hall–Kier alpha value is -2.62. The average molecular weight is 309 g/mol. The van der Waals surface area contributed by atoms with Gasteiger partial charge < -0.3 is 10.6 Å². The molecule has 0 aliphatic rings. The summed E-state index contributed by atoms with van der Waals surface area (Å²) < 4.78 is 5.76. The average Bonchev–Trinajstić information content (AvgIpc) is 2.78. The van der Waals surface area contributed by atoms with E-state index in [4.69, 9.17) is 5.84 Å². The van der Waals surface area contributed by atoms with Gasteiger partial charge in [-0.1, -0.05) is 0 Å². The number of methoxy groups -OCH3 is 1. The topological polar surface area (TPSA) is 126 Å². The number of hydrogen-bond acceptors (Lipinski definition) is 8. The molecule has 1 aromatic heterocycles. The van der Waals surface area contributed by atoms with Crippen molar-refractivity contribution < 1.29 is 14.5 Å². The Labute approximate surface area is 123 Å². The summed E-state index contributed by atoms with van der Waals surface area (Å²) in [5, 5.41) is 19.0. The Morgan fingerprint density at radius 2 is 2.19 bits per heavy atom. The second kappa shape index (κ2) is 5.79. The van der Waals surface area contributed by atoms with Crippen molar-refractivity contribution in [2.24, 2.45) is 0 Å². The van der Waals surface area contributed by atoms with E-state index in [-0.39, 0.29) is 11.3 Å². The summed E-state index contributed by atoms with van der Waals surface area (Å²) in [4.78, 5) is 22.3. The Bertz CT molecular complexity index is 715. The first-order chi connectivity index (χ1) is 9.93.